The Morgan fingerprint density at radius 2 is 1.92 bits per heavy atom. The molecular weight excluding hydrogens is 482 g/mol. The number of carbonyl (C=O) groups excluding carboxylic acids is 3. The zero-order valence-corrected chi connectivity index (χ0v) is 20.7. The molecular formula is C26H26ClN5O4. The highest BCUT2D eigenvalue weighted by molar-refractivity contribution is 6.30. The number of amides is 4. The average Bonchev–Trinajstić information content (AvgIpc) is 2.85. The van der Waals surface area contributed by atoms with Crippen molar-refractivity contribution in [2.24, 2.45) is 5.73 Å². The third-order valence-corrected chi connectivity index (χ3v) is 6.05. The molecule has 1 saturated heterocycles. The van der Waals surface area contributed by atoms with E-state index in [1.54, 1.807) is 48.2 Å². The van der Waals surface area contributed by atoms with Gasteiger partial charge in [0.25, 0.3) is 5.91 Å². The number of ether oxygens (including phenoxy) is 1. The van der Waals surface area contributed by atoms with Gasteiger partial charge in [-0.2, -0.15) is 0 Å². The van der Waals surface area contributed by atoms with Gasteiger partial charge in [0.2, 0.25) is 11.8 Å². The van der Waals surface area contributed by atoms with Gasteiger partial charge in [0.1, 0.15) is 17.6 Å². The largest absolute Gasteiger partial charge is 0.439 e. The maximum Gasteiger partial charge on any atom is 0.328 e. The lowest BCUT2D eigenvalue weighted by atomic mass is 10.1. The minimum atomic E-state index is -0.641. The predicted molar refractivity (Wildman–Crippen MR) is 136 cm³/mol. The number of anilines is 1. The summed E-state index contributed by atoms with van der Waals surface area (Å²) in [5.74, 6) is -0.0875. The Morgan fingerprint density at radius 1 is 1.17 bits per heavy atom. The van der Waals surface area contributed by atoms with Gasteiger partial charge in [-0.3, -0.25) is 19.4 Å². The number of hydrogen-bond acceptors (Lipinski definition) is 6. The van der Waals surface area contributed by atoms with Gasteiger partial charge in [0, 0.05) is 29.9 Å². The van der Waals surface area contributed by atoms with Gasteiger partial charge in [0.05, 0.1) is 6.42 Å². The average molecular weight is 508 g/mol. The minimum Gasteiger partial charge on any atom is -0.439 e. The third kappa shape index (κ3) is 5.58. The van der Waals surface area contributed by atoms with Crippen LogP contribution in [0.4, 0.5) is 10.5 Å². The first kappa shape index (κ1) is 25.0. The topological polar surface area (TPSA) is 118 Å². The number of halogens is 1. The van der Waals surface area contributed by atoms with Gasteiger partial charge in [-0.05, 0) is 61.4 Å². The Balaban J connectivity index is 1.54. The molecule has 0 spiro atoms. The van der Waals surface area contributed by atoms with E-state index in [0.717, 1.165) is 16.8 Å². The van der Waals surface area contributed by atoms with Crippen LogP contribution in [0.5, 0.6) is 11.6 Å². The fourth-order valence-electron chi connectivity index (χ4n) is 3.95. The van der Waals surface area contributed by atoms with E-state index in [-0.39, 0.29) is 29.9 Å². The summed E-state index contributed by atoms with van der Waals surface area (Å²) in [5, 5.41) is 3.93. The summed E-state index contributed by atoms with van der Waals surface area (Å²) in [4.78, 5) is 44.2. The SMILES string of the molecule is CCN1C(=O)CC(Nc2ccc(Oc3cccc(C(N)=O)n3)c(C)c2)N(Cc2ccc(Cl)cc2)C1=O. The van der Waals surface area contributed by atoms with Gasteiger partial charge in [-0.25, -0.2) is 9.78 Å². The summed E-state index contributed by atoms with van der Waals surface area (Å²) in [6.07, 6.45) is -0.405. The van der Waals surface area contributed by atoms with Gasteiger partial charge in [0.15, 0.2) is 0 Å². The third-order valence-electron chi connectivity index (χ3n) is 5.80. The number of carbonyl (C=O) groups is 3. The van der Waals surface area contributed by atoms with Crippen LogP contribution in [0.2, 0.25) is 5.02 Å². The van der Waals surface area contributed by atoms with Crippen LogP contribution in [-0.2, 0) is 11.3 Å². The Kier molecular flexibility index (Phi) is 7.40. The smallest absolute Gasteiger partial charge is 0.328 e. The highest BCUT2D eigenvalue weighted by Crippen LogP contribution is 2.29. The molecule has 1 aliphatic rings. The van der Waals surface area contributed by atoms with Crippen LogP contribution in [-0.4, -0.2) is 45.3 Å². The number of urea groups is 1. The molecule has 186 valence electrons. The Bertz CT molecular complexity index is 1300. The second-order valence-corrected chi connectivity index (χ2v) is 8.78. The molecule has 36 heavy (non-hydrogen) atoms. The first-order valence-electron chi connectivity index (χ1n) is 11.4. The summed E-state index contributed by atoms with van der Waals surface area (Å²) in [6.45, 7) is 4.26. The molecule has 3 aromatic rings. The Hall–Kier alpha value is -4.11. The molecule has 0 bridgehead atoms. The highest BCUT2D eigenvalue weighted by atomic mass is 35.5. The zero-order chi connectivity index (χ0) is 25.8. The van der Waals surface area contributed by atoms with E-state index in [1.807, 2.05) is 25.1 Å². The number of imide groups is 1. The van der Waals surface area contributed by atoms with E-state index in [1.165, 1.54) is 11.0 Å². The van der Waals surface area contributed by atoms with E-state index in [2.05, 4.69) is 10.3 Å². The number of pyridine rings is 1. The lowest BCUT2D eigenvalue weighted by Gasteiger charge is -2.40. The van der Waals surface area contributed by atoms with Crippen LogP contribution >= 0.6 is 11.6 Å². The van der Waals surface area contributed by atoms with Crippen molar-refractivity contribution in [2.75, 3.05) is 11.9 Å². The molecule has 2 aromatic carbocycles. The van der Waals surface area contributed by atoms with Crippen molar-refractivity contribution in [1.29, 1.82) is 0 Å². The lowest BCUT2D eigenvalue weighted by Crippen LogP contribution is -2.58. The standard InChI is InChI=1S/C26H26ClN5O4/c1-3-31-24(33)14-22(32(26(31)35)15-17-7-9-18(27)10-8-17)29-19-11-12-21(16(2)13-19)36-23-6-4-5-20(30-23)25(28)34/h4-13,22,29H,3,14-15H2,1-2H3,(H2,28,34). The lowest BCUT2D eigenvalue weighted by molar-refractivity contribution is -0.132. The van der Waals surface area contributed by atoms with Crippen molar-refractivity contribution in [1.82, 2.24) is 14.8 Å². The van der Waals surface area contributed by atoms with E-state index in [9.17, 15) is 14.4 Å². The highest BCUT2D eigenvalue weighted by Gasteiger charge is 2.38. The molecule has 0 radical (unpaired) electrons. The molecule has 2 heterocycles. The van der Waals surface area contributed by atoms with Gasteiger partial charge in [-0.1, -0.05) is 29.8 Å². The molecule has 1 aliphatic heterocycles. The number of aromatic nitrogens is 1. The second-order valence-electron chi connectivity index (χ2n) is 8.35. The second kappa shape index (κ2) is 10.7. The maximum absolute atomic E-state index is 13.1. The van der Waals surface area contributed by atoms with Crippen molar-refractivity contribution in [3.63, 3.8) is 0 Å². The summed E-state index contributed by atoms with van der Waals surface area (Å²) in [5.41, 5.74) is 7.81. The molecule has 0 saturated carbocycles. The van der Waals surface area contributed by atoms with Crippen molar-refractivity contribution >= 4 is 35.1 Å². The summed E-state index contributed by atoms with van der Waals surface area (Å²) in [6, 6.07) is 17.1. The van der Waals surface area contributed by atoms with Crippen LogP contribution in [0.25, 0.3) is 0 Å². The number of primary amides is 1. The van der Waals surface area contributed by atoms with Crippen molar-refractivity contribution in [3.05, 3.63) is 82.5 Å². The molecule has 4 rings (SSSR count). The quantitative estimate of drug-likeness (QED) is 0.462. The van der Waals surface area contributed by atoms with E-state index >= 15 is 0 Å². The number of benzene rings is 2. The minimum absolute atomic E-state index is 0.108. The van der Waals surface area contributed by atoms with Crippen molar-refractivity contribution in [3.8, 4) is 11.6 Å². The van der Waals surface area contributed by atoms with Crippen molar-refractivity contribution in [2.45, 2.75) is 33.0 Å². The zero-order valence-electron chi connectivity index (χ0n) is 19.9. The summed E-state index contributed by atoms with van der Waals surface area (Å²) < 4.78 is 5.83. The molecule has 3 N–H and O–H groups in total. The van der Waals surface area contributed by atoms with Crippen LogP contribution in [0.1, 0.15) is 35.0 Å². The molecule has 10 heteroatoms. The maximum atomic E-state index is 13.1. The number of nitrogens with zero attached hydrogens (tertiary/aromatic N) is 3. The number of nitrogens with two attached hydrogens (primary N) is 1. The monoisotopic (exact) mass is 507 g/mol. The summed E-state index contributed by atoms with van der Waals surface area (Å²) in [7, 11) is 0. The van der Waals surface area contributed by atoms with Crippen LogP contribution in [0.3, 0.4) is 0 Å². The van der Waals surface area contributed by atoms with E-state index in [4.69, 9.17) is 22.1 Å². The molecule has 1 unspecified atom stereocenters. The number of hydrogen-bond donors (Lipinski definition) is 2. The van der Waals surface area contributed by atoms with Crippen LogP contribution in [0.15, 0.2) is 60.7 Å². The fourth-order valence-corrected chi connectivity index (χ4v) is 4.08. The van der Waals surface area contributed by atoms with Gasteiger partial charge in [-0.15, -0.1) is 0 Å². The number of aryl methyl sites for hydroxylation is 1. The van der Waals surface area contributed by atoms with E-state index < -0.39 is 12.1 Å². The Morgan fingerprint density at radius 3 is 2.58 bits per heavy atom. The van der Waals surface area contributed by atoms with Crippen LogP contribution < -0.4 is 15.8 Å². The first-order valence-corrected chi connectivity index (χ1v) is 11.8. The fraction of sp³-hybridized carbons (Fsp3) is 0.231. The Labute approximate surface area is 213 Å². The first-order chi connectivity index (χ1) is 17.2. The van der Waals surface area contributed by atoms with Crippen molar-refractivity contribution < 1.29 is 19.1 Å². The molecule has 9 nitrogen and oxygen atoms in total. The van der Waals surface area contributed by atoms with Crippen LogP contribution in [0, 0.1) is 6.92 Å². The predicted octanol–water partition coefficient (Wildman–Crippen LogP) is 4.55. The van der Waals surface area contributed by atoms with E-state index in [0.29, 0.717) is 23.9 Å². The number of nitrogens with one attached hydrogen (secondary N) is 1. The molecule has 1 fully saturated rings. The van der Waals surface area contributed by atoms with Gasteiger partial charge < -0.3 is 15.8 Å². The molecule has 0 aliphatic carbocycles. The van der Waals surface area contributed by atoms with Gasteiger partial charge >= 0.3 is 6.03 Å². The molecule has 1 atom stereocenters. The normalized spacial score (nSPS) is 15.7. The molecule has 4 amide bonds. The number of rotatable bonds is 8. The molecule has 1 aromatic heterocycles. The summed E-state index contributed by atoms with van der Waals surface area (Å²) >= 11 is 6.00.